The first-order valence-electron chi connectivity index (χ1n) is 5.59. The summed E-state index contributed by atoms with van der Waals surface area (Å²) in [6.45, 7) is 0. The number of nitrogens with zero attached hydrogens (tertiary/aromatic N) is 1. The third kappa shape index (κ3) is 2.15. The van der Waals surface area contributed by atoms with Gasteiger partial charge in [-0.25, -0.2) is 4.98 Å². The zero-order valence-electron chi connectivity index (χ0n) is 9.51. The molecular weight excluding hydrogens is 228 g/mol. The van der Waals surface area contributed by atoms with Crippen LogP contribution in [0.3, 0.4) is 0 Å². The van der Waals surface area contributed by atoms with E-state index in [1.165, 1.54) is 12.3 Å². The van der Waals surface area contributed by atoms with Gasteiger partial charge in [0, 0.05) is 0 Å². The number of halogens is 1. The number of fused-ring (bicyclic) bond motifs is 1. The van der Waals surface area contributed by atoms with Crippen LogP contribution < -0.4 is 4.74 Å². The van der Waals surface area contributed by atoms with Crippen molar-refractivity contribution >= 4 is 10.8 Å². The van der Waals surface area contributed by atoms with Crippen molar-refractivity contribution in [2.24, 2.45) is 0 Å². The summed E-state index contributed by atoms with van der Waals surface area (Å²) in [5, 5.41) is 2.26. The van der Waals surface area contributed by atoms with Crippen molar-refractivity contribution in [2.45, 2.75) is 0 Å². The van der Waals surface area contributed by atoms with E-state index >= 15 is 0 Å². The number of hydrogen-bond acceptors (Lipinski definition) is 2. The molecule has 0 aliphatic carbocycles. The Morgan fingerprint density at radius 1 is 0.833 bits per heavy atom. The zero-order valence-corrected chi connectivity index (χ0v) is 9.51. The maximum Gasteiger partial charge on any atom is 0.213 e. The van der Waals surface area contributed by atoms with E-state index in [2.05, 4.69) is 4.98 Å². The van der Waals surface area contributed by atoms with Gasteiger partial charge in [0.2, 0.25) is 5.95 Å². The van der Waals surface area contributed by atoms with Crippen molar-refractivity contribution in [1.82, 2.24) is 4.98 Å². The highest BCUT2D eigenvalue weighted by molar-refractivity contribution is 5.83. The molecule has 1 aromatic heterocycles. The van der Waals surface area contributed by atoms with Crippen molar-refractivity contribution in [2.75, 3.05) is 0 Å². The highest BCUT2D eigenvalue weighted by Crippen LogP contribution is 2.25. The Kier molecular flexibility index (Phi) is 2.65. The van der Waals surface area contributed by atoms with E-state index in [1.807, 2.05) is 42.5 Å². The minimum absolute atomic E-state index is 0.513. The molecule has 2 aromatic carbocycles. The van der Waals surface area contributed by atoms with Gasteiger partial charge in [-0.2, -0.15) is 4.39 Å². The summed E-state index contributed by atoms with van der Waals surface area (Å²) in [5.41, 5.74) is 0. The first-order valence-corrected chi connectivity index (χ1v) is 5.59. The standard InChI is InChI=1S/C15H10FNO/c16-15-8-7-14(10-17-15)18-13-6-5-11-3-1-2-4-12(11)9-13/h1-10H/i16-1. The van der Waals surface area contributed by atoms with Crippen LogP contribution in [0.1, 0.15) is 0 Å². The van der Waals surface area contributed by atoms with Crippen LogP contribution in [0, 0.1) is 5.95 Å². The van der Waals surface area contributed by atoms with Crippen LogP contribution in [0.5, 0.6) is 11.5 Å². The predicted octanol–water partition coefficient (Wildman–Crippen LogP) is 4.17. The molecule has 88 valence electrons. The molecule has 0 radical (unpaired) electrons. The molecule has 0 saturated heterocycles. The Morgan fingerprint density at radius 2 is 1.61 bits per heavy atom. The van der Waals surface area contributed by atoms with Gasteiger partial charge in [0.1, 0.15) is 11.5 Å². The third-order valence-electron chi connectivity index (χ3n) is 2.66. The van der Waals surface area contributed by atoms with Crippen LogP contribution in [0.4, 0.5) is 4.39 Å². The number of benzene rings is 2. The maximum atomic E-state index is 12.7. The predicted molar refractivity (Wildman–Crippen MR) is 68.2 cm³/mol. The van der Waals surface area contributed by atoms with Gasteiger partial charge in [-0.1, -0.05) is 30.3 Å². The molecule has 3 heteroatoms. The Labute approximate surface area is 104 Å². The number of hydrogen-bond donors (Lipinski definition) is 0. The monoisotopic (exact) mass is 238 g/mol. The second-order valence-corrected chi connectivity index (χ2v) is 3.93. The van der Waals surface area contributed by atoms with Crippen molar-refractivity contribution in [3.63, 3.8) is 0 Å². The molecule has 0 spiro atoms. The second kappa shape index (κ2) is 4.45. The molecule has 0 bridgehead atoms. The molecule has 2 nitrogen and oxygen atoms in total. The van der Waals surface area contributed by atoms with E-state index in [9.17, 15) is 4.39 Å². The lowest BCUT2D eigenvalue weighted by atomic mass is 10.1. The van der Waals surface area contributed by atoms with Gasteiger partial charge in [0.15, 0.2) is 0 Å². The van der Waals surface area contributed by atoms with Crippen molar-refractivity contribution in [3.05, 3.63) is 66.7 Å². The van der Waals surface area contributed by atoms with Crippen molar-refractivity contribution in [1.29, 1.82) is 0 Å². The lowest BCUT2D eigenvalue weighted by Gasteiger charge is -2.06. The largest absolute Gasteiger partial charge is 0.456 e. The van der Waals surface area contributed by atoms with Crippen LogP contribution in [0.25, 0.3) is 10.8 Å². The van der Waals surface area contributed by atoms with Crippen LogP contribution >= 0.6 is 0 Å². The summed E-state index contributed by atoms with van der Waals surface area (Å²) in [6.07, 6.45) is 1.37. The summed E-state index contributed by atoms with van der Waals surface area (Å²) >= 11 is 0. The molecule has 0 fully saturated rings. The van der Waals surface area contributed by atoms with E-state index in [0.717, 1.165) is 10.8 Å². The topological polar surface area (TPSA) is 22.1 Å². The molecule has 0 unspecified atom stereocenters. The first-order chi connectivity index (χ1) is 8.81. The second-order valence-electron chi connectivity index (χ2n) is 3.93. The van der Waals surface area contributed by atoms with Gasteiger partial charge >= 0.3 is 0 Å². The van der Waals surface area contributed by atoms with Gasteiger partial charge in [0.05, 0.1) is 6.20 Å². The number of rotatable bonds is 2. The van der Waals surface area contributed by atoms with Gasteiger partial charge in [-0.15, -0.1) is 0 Å². The normalized spacial score (nSPS) is 10.5. The number of ether oxygens (including phenoxy) is 1. The summed E-state index contributed by atoms with van der Waals surface area (Å²) < 4.78 is 18.3. The van der Waals surface area contributed by atoms with Gasteiger partial charge in [0.25, 0.3) is 0 Å². The Balaban J connectivity index is 1.92. The lowest BCUT2D eigenvalue weighted by molar-refractivity contribution is 0.475. The molecule has 0 amide bonds. The quantitative estimate of drug-likeness (QED) is 0.625. The van der Waals surface area contributed by atoms with E-state index in [0.29, 0.717) is 11.5 Å². The smallest absolute Gasteiger partial charge is 0.213 e. The zero-order chi connectivity index (χ0) is 12.4. The Bertz CT molecular complexity index is 679. The molecule has 0 aliphatic rings. The SMILES string of the molecule is [18F]c1ccc(Oc2ccc3ccccc3c2)cn1. The molecule has 0 aliphatic heterocycles. The van der Waals surface area contributed by atoms with Crippen LogP contribution in [-0.2, 0) is 0 Å². The molecule has 3 aromatic rings. The number of aromatic nitrogens is 1. The van der Waals surface area contributed by atoms with E-state index < -0.39 is 5.95 Å². The van der Waals surface area contributed by atoms with Gasteiger partial charge < -0.3 is 4.74 Å². The molecule has 18 heavy (non-hydrogen) atoms. The fourth-order valence-electron chi connectivity index (χ4n) is 1.79. The van der Waals surface area contributed by atoms with E-state index in [-0.39, 0.29) is 0 Å². The molecule has 3 rings (SSSR count). The molecule has 0 saturated carbocycles. The van der Waals surface area contributed by atoms with Crippen LogP contribution in [0.2, 0.25) is 0 Å². The molecule has 0 atom stereocenters. The van der Waals surface area contributed by atoms with Crippen molar-refractivity contribution in [3.8, 4) is 11.5 Å². The summed E-state index contributed by atoms with van der Waals surface area (Å²) in [6, 6.07) is 16.7. The van der Waals surface area contributed by atoms with E-state index in [4.69, 9.17) is 4.74 Å². The Morgan fingerprint density at radius 3 is 2.39 bits per heavy atom. The summed E-state index contributed by atoms with van der Waals surface area (Å²) in [4.78, 5) is 3.55. The third-order valence-corrected chi connectivity index (χ3v) is 2.66. The van der Waals surface area contributed by atoms with E-state index in [1.54, 1.807) is 6.07 Å². The minimum Gasteiger partial charge on any atom is -0.456 e. The van der Waals surface area contributed by atoms with Crippen molar-refractivity contribution < 1.29 is 9.13 Å². The first kappa shape index (κ1) is 10.7. The number of pyridine rings is 1. The molecule has 1 heterocycles. The van der Waals surface area contributed by atoms with Gasteiger partial charge in [-0.05, 0) is 35.0 Å². The van der Waals surface area contributed by atoms with Crippen LogP contribution in [0.15, 0.2) is 60.8 Å². The molecular formula is C15H10FNO. The Hall–Kier alpha value is -2.42. The average molecular weight is 238 g/mol. The summed E-state index contributed by atoms with van der Waals surface area (Å²) in [7, 11) is 0. The highest BCUT2D eigenvalue weighted by Gasteiger charge is 2.00. The highest BCUT2D eigenvalue weighted by atomic mass is 18.2. The maximum absolute atomic E-state index is 12.7. The van der Waals surface area contributed by atoms with Crippen LogP contribution in [-0.4, -0.2) is 4.98 Å². The molecule has 0 N–H and O–H groups in total. The fraction of sp³-hybridized carbons (Fsp3) is 0. The van der Waals surface area contributed by atoms with Gasteiger partial charge in [-0.3, -0.25) is 0 Å². The summed E-state index contributed by atoms with van der Waals surface area (Å²) in [5.74, 6) is 0.717. The minimum atomic E-state index is -0.513. The average Bonchev–Trinajstić information content (AvgIpc) is 2.41. The fourth-order valence-corrected chi connectivity index (χ4v) is 1.79. The lowest BCUT2D eigenvalue weighted by Crippen LogP contribution is -1.87.